The molecule has 1 aliphatic rings. The summed E-state index contributed by atoms with van der Waals surface area (Å²) in [5.74, 6) is 0. The van der Waals surface area contributed by atoms with Gasteiger partial charge in [0.15, 0.2) is 0 Å². The third-order valence-electron chi connectivity index (χ3n) is 6.84. The Morgan fingerprint density at radius 1 is 0.655 bits per heavy atom. The van der Waals surface area contributed by atoms with Crippen LogP contribution in [0, 0.1) is 0 Å². The van der Waals surface area contributed by atoms with Crippen LogP contribution in [0.4, 0.5) is 0 Å². The van der Waals surface area contributed by atoms with E-state index in [1.807, 2.05) is 12.3 Å². The lowest BCUT2D eigenvalue weighted by Gasteiger charge is -2.34. The first-order chi connectivity index (χ1) is 14.1. The van der Waals surface area contributed by atoms with E-state index in [-0.39, 0.29) is 11.2 Å². The normalized spacial score (nSPS) is 16.6. The molecule has 0 fully saturated rings. The monoisotopic (exact) mass is 385 g/mol. The lowest BCUT2D eigenvalue weighted by atomic mass is 9.81. The van der Waals surface area contributed by atoms with Crippen molar-refractivity contribution < 1.29 is 4.74 Å². The minimum absolute atomic E-state index is 0.162. The van der Waals surface area contributed by atoms with Crippen LogP contribution in [0.2, 0.25) is 0 Å². The summed E-state index contributed by atoms with van der Waals surface area (Å²) in [6.45, 7) is 8.97. The Morgan fingerprint density at radius 2 is 1.28 bits per heavy atom. The van der Waals surface area contributed by atoms with Crippen molar-refractivity contribution in [3.8, 4) is 22.4 Å². The number of pyridine rings is 1. The maximum absolute atomic E-state index is 6.85. The lowest BCUT2D eigenvalue weighted by Crippen LogP contribution is -2.31. The first-order valence-electron chi connectivity index (χ1n) is 11.0. The lowest BCUT2D eigenvalue weighted by molar-refractivity contribution is -0.151. The van der Waals surface area contributed by atoms with Gasteiger partial charge in [0.1, 0.15) is 0 Å². The summed E-state index contributed by atoms with van der Waals surface area (Å²) in [7, 11) is 0. The number of hydrogen-bond acceptors (Lipinski definition) is 2. The van der Waals surface area contributed by atoms with E-state index in [9.17, 15) is 0 Å². The minimum Gasteiger partial charge on any atom is -0.359 e. The van der Waals surface area contributed by atoms with Crippen LogP contribution in [0.1, 0.15) is 64.5 Å². The van der Waals surface area contributed by atoms with E-state index in [1.54, 1.807) is 0 Å². The van der Waals surface area contributed by atoms with E-state index in [2.05, 4.69) is 82.3 Å². The number of hydrogen-bond donors (Lipinski definition) is 0. The van der Waals surface area contributed by atoms with E-state index in [4.69, 9.17) is 9.72 Å². The van der Waals surface area contributed by atoms with Gasteiger partial charge in [0, 0.05) is 17.3 Å². The predicted octanol–water partition coefficient (Wildman–Crippen LogP) is 7.48. The fraction of sp³-hybridized carbons (Fsp3) is 0.370. The molecule has 2 nitrogen and oxygen atoms in total. The van der Waals surface area contributed by atoms with Crippen LogP contribution in [0.25, 0.3) is 22.4 Å². The number of ether oxygens (including phenoxy) is 1. The quantitative estimate of drug-likeness (QED) is 0.439. The summed E-state index contributed by atoms with van der Waals surface area (Å²) >= 11 is 0. The molecule has 2 aromatic carbocycles. The Morgan fingerprint density at radius 3 is 1.86 bits per heavy atom. The first kappa shape index (κ1) is 19.8. The molecule has 150 valence electrons. The molecule has 0 unspecified atom stereocenters. The minimum atomic E-state index is -0.193. The van der Waals surface area contributed by atoms with E-state index in [0.717, 1.165) is 36.9 Å². The smallest absolute Gasteiger partial charge is 0.0942 e. The number of aromatic nitrogens is 1. The molecule has 29 heavy (non-hydrogen) atoms. The van der Waals surface area contributed by atoms with Crippen molar-refractivity contribution in [2.75, 3.05) is 0 Å². The van der Waals surface area contributed by atoms with Crippen molar-refractivity contribution in [1.82, 2.24) is 4.98 Å². The van der Waals surface area contributed by atoms with Gasteiger partial charge in [-0.1, -0.05) is 76.2 Å². The standard InChI is InChI=1S/C27H31NO/c1-5-26(6-2)23-16-14-21(18-24(23)27(7-3,8-4)29-26)25-17-15-22(19-28-25)20-12-10-9-11-13-20/h9-19H,5-8H2,1-4H3. The molecule has 0 bridgehead atoms. The van der Waals surface area contributed by atoms with Gasteiger partial charge < -0.3 is 4.74 Å². The summed E-state index contributed by atoms with van der Waals surface area (Å²) in [5, 5.41) is 0. The molecule has 2 heterocycles. The average Bonchev–Trinajstić information content (AvgIpc) is 3.10. The van der Waals surface area contributed by atoms with Gasteiger partial charge in [0.2, 0.25) is 0 Å². The van der Waals surface area contributed by atoms with Gasteiger partial charge in [-0.2, -0.15) is 0 Å². The van der Waals surface area contributed by atoms with E-state index < -0.39 is 0 Å². The fourth-order valence-electron chi connectivity index (χ4n) is 4.88. The Bertz CT molecular complexity index is 967. The summed E-state index contributed by atoms with van der Waals surface area (Å²) in [5.41, 5.74) is 6.90. The second-order valence-electron chi connectivity index (χ2n) is 8.06. The largest absolute Gasteiger partial charge is 0.359 e. The molecule has 1 aromatic heterocycles. The van der Waals surface area contributed by atoms with Crippen molar-refractivity contribution in [1.29, 1.82) is 0 Å². The Kier molecular flexibility index (Phi) is 5.31. The number of fused-ring (bicyclic) bond motifs is 1. The molecule has 0 spiro atoms. The highest BCUT2D eigenvalue weighted by Crippen LogP contribution is 2.54. The first-order valence-corrected chi connectivity index (χ1v) is 11.0. The van der Waals surface area contributed by atoms with Crippen LogP contribution >= 0.6 is 0 Å². The van der Waals surface area contributed by atoms with Gasteiger partial charge in [-0.3, -0.25) is 4.98 Å². The molecule has 1 aliphatic heterocycles. The molecule has 0 amide bonds. The third kappa shape index (κ3) is 3.20. The van der Waals surface area contributed by atoms with Crippen molar-refractivity contribution in [2.45, 2.75) is 64.6 Å². The molecule has 3 aromatic rings. The molecule has 0 radical (unpaired) electrons. The molecular weight excluding hydrogens is 354 g/mol. The highest BCUT2D eigenvalue weighted by Gasteiger charge is 2.49. The van der Waals surface area contributed by atoms with Crippen LogP contribution in [0.5, 0.6) is 0 Å². The Hall–Kier alpha value is -2.45. The molecule has 0 atom stereocenters. The zero-order valence-corrected chi connectivity index (χ0v) is 18.0. The second-order valence-corrected chi connectivity index (χ2v) is 8.06. The number of benzene rings is 2. The van der Waals surface area contributed by atoms with Crippen molar-refractivity contribution >= 4 is 0 Å². The molecule has 0 saturated heterocycles. The zero-order valence-electron chi connectivity index (χ0n) is 18.0. The molecular formula is C27H31NO. The van der Waals surface area contributed by atoms with Crippen LogP contribution in [-0.2, 0) is 15.9 Å². The summed E-state index contributed by atoms with van der Waals surface area (Å²) in [4.78, 5) is 4.79. The van der Waals surface area contributed by atoms with Gasteiger partial charge in [-0.25, -0.2) is 0 Å². The summed E-state index contributed by atoms with van der Waals surface area (Å²) in [6.07, 6.45) is 5.96. The SMILES string of the molecule is CCC1(CC)OC(CC)(CC)c2cc(-c3ccc(-c4ccccc4)cn3)ccc21. The number of nitrogens with zero attached hydrogens (tertiary/aromatic N) is 1. The highest BCUT2D eigenvalue weighted by molar-refractivity contribution is 5.68. The van der Waals surface area contributed by atoms with Gasteiger partial charge >= 0.3 is 0 Å². The molecule has 0 saturated carbocycles. The van der Waals surface area contributed by atoms with Crippen LogP contribution in [0.15, 0.2) is 66.9 Å². The fourth-order valence-corrected chi connectivity index (χ4v) is 4.88. The van der Waals surface area contributed by atoms with Crippen LogP contribution in [-0.4, -0.2) is 4.98 Å². The Labute approximate surface area is 175 Å². The highest BCUT2D eigenvalue weighted by atomic mass is 16.5. The maximum Gasteiger partial charge on any atom is 0.0942 e. The summed E-state index contributed by atoms with van der Waals surface area (Å²) < 4.78 is 6.85. The van der Waals surface area contributed by atoms with Crippen molar-refractivity contribution in [3.05, 3.63) is 78.0 Å². The number of rotatable bonds is 6. The van der Waals surface area contributed by atoms with Crippen molar-refractivity contribution in [3.63, 3.8) is 0 Å². The molecule has 2 heteroatoms. The van der Waals surface area contributed by atoms with Gasteiger partial charge in [-0.05, 0) is 54.5 Å². The van der Waals surface area contributed by atoms with Crippen LogP contribution in [0.3, 0.4) is 0 Å². The van der Waals surface area contributed by atoms with Gasteiger partial charge in [0.25, 0.3) is 0 Å². The molecule has 0 N–H and O–H groups in total. The molecule has 4 rings (SSSR count). The van der Waals surface area contributed by atoms with Crippen LogP contribution < -0.4 is 0 Å². The predicted molar refractivity (Wildman–Crippen MR) is 121 cm³/mol. The maximum atomic E-state index is 6.85. The second kappa shape index (κ2) is 7.76. The van der Waals surface area contributed by atoms with Gasteiger partial charge in [-0.15, -0.1) is 0 Å². The van der Waals surface area contributed by atoms with E-state index in [1.165, 1.54) is 22.3 Å². The van der Waals surface area contributed by atoms with E-state index in [0.29, 0.717) is 0 Å². The Balaban J connectivity index is 1.76. The van der Waals surface area contributed by atoms with Gasteiger partial charge in [0.05, 0.1) is 16.9 Å². The van der Waals surface area contributed by atoms with E-state index >= 15 is 0 Å². The summed E-state index contributed by atoms with van der Waals surface area (Å²) in [6, 6.07) is 21.5. The topological polar surface area (TPSA) is 22.1 Å². The third-order valence-corrected chi connectivity index (χ3v) is 6.84. The van der Waals surface area contributed by atoms with Crippen molar-refractivity contribution in [2.24, 2.45) is 0 Å². The average molecular weight is 386 g/mol. The molecule has 0 aliphatic carbocycles. The zero-order chi connectivity index (χ0) is 20.5.